The van der Waals surface area contributed by atoms with Crippen LogP contribution in [0, 0.1) is 5.82 Å². The third-order valence-corrected chi connectivity index (χ3v) is 7.48. The summed E-state index contributed by atoms with van der Waals surface area (Å²) in [6.45, 7) is 2.97. The maximum atomic E-state index is 15.0. The van der Waals surface area contributed by atoms with Crippen LogP contribution in [0.25, 0.3) is 11.2 Å². The van der Waals surface area contributed by atoms with E-state index in [0.29, 0.717) is 65.6 Å². The molecule has 1 aromatic carbocycles. The number of hydrogen-bond acceptors (Lipinski definition) is 6. The molecule has 3 aromatic rings. The van der Waals surface area contributed by atoms with E-state index in [4.69, 9.17) is 15.5 Å². The summed E-state index contributed by atoms with van der Waals surface area (Å²) in [6, 6.07) is 5.30. The first-order valence-electron chi connectivity index (χ1n) is 12.7. The minimum Gasteiger partial charge on any atom is -0.490 e. The highest BCUT2D eigenvalue weighted by atomic mass is 19.1. The summed E-state index contributed by atoms with van der Waals surface area (Å²) in [5, 5.41) is 3.41. The van der Waals surface area contributed by atoms with Gasteiger partial charge in [0.2, 0.25) is 0 Å². The average Bonchev–Trinajstić information content (AvgIpc) is 3.59. The quantitative estimate of drug-likeness (QED) is 0.483. The molecule has 0 radical (unpaired) electrons. The van der Waals surface area contributed by atoms with Gasteiger partial charge in [-0.25, -0.2) is 14.4 Å². The summed E-state index contributed by atoms with van der Waals surface area (Å²) in [4.78, 5) is 27.4. The number of ether oxygens (including phenoxy) is 1. The van der Waals surface area contributed by atoms with Crippen LogP contribution in [0.15, 0.2) is 24.4 Å². The molecule has 184 valence electrons. The number of imidazole rings is 1. The zero-order valence-electron chi connectivity index (χ0n) is 19.7. The lowest BCUT2D eigenvalue weighted by Gasteiger charge is -2.32. The number of halogens is 1. The van der Waals surface area contributed by atoms with Crippen LogP contribution in [0.3, 0.4) is 0 Å². The predicted molar refractivity (Wildman–Crippen MR) is 131 cm³/mol. The van der Waals surface area contributed by atoms with Crippen LogP contribution in [-0.4, -0.2) is 58.0 Å². The lowest BCUT2D eigenvalue weighted by Crippen LogP contribution is -2.38. The number of carbonyl (C=O) groups excluding carboxylic acids is 1. The van der Waals surface area contributed by atoms with Crippen molar-refractivity contribution in [2.24, 2.45) is 0 Å². The molecule has 1 saturated carbocycles. The minimum absolute atomic E-state index is 0.0168. The second-order valence-corrected chi connectivity index (χ2v) is 10.0. The van der Waals surface area contributed by atoms with Gasteiger partial charge in [-0.3, -0.25) is 4.79 Å². The number of carbonyl (C=O) groups is 1. The first-order valence-corrected chi connectivity index (χ1v) is 12.7. The highest BCUT2D eigenvalue weighted by Crippen LogP contribution is 2.36. The van der Waals surface area contributed by atoms with Crippen molar-refractivity contribution in [2.45, 2.75) is 56.5 Å². The van der Waals surface area contributed by atoms with Crippen molar-refractivity contribution >= 4 is 22.8 Å². The molecule has 1 aliphatic carbocycles. The van der Waals surface area contributed by atoms with Gasteiger partial charge in [0, 0.05) is 42.9 Å². The van der Waals surface area contributed by atoms with E-state index >= 15 is 4.39 Å². The highest BCUT2D eigenvalue weighted by molar-refractivity contribution is 5.99. The van der Waals surface area contributed by atoms with Crippen LogP contribution in [0.5, 0.6) is 5.75 Å². The fraction of sp³-hybridized carbons (Fsp3) is 0.500. The summed E-state index contributed by atoms with van der Waals surface area (Å²) >= 11 is 0. The number of benzene rings is 1. The lowest BCUT2D eigenvalue weighted by molar-refractivity contribution is 0.0713. The van der Waals surface area contributed by atoms with Crippen LogP contribution >= 0.6 is 0 Å². The number of nitrogen functional groups attached to an aromatic ring is 1. The molecule has 1 unspecified atom stereocenters. The number of aromatic nitrogens is 3. The zero-order valence-corrected chi connectivity index (χ0v) is 19.7. The van der Waals surface area contributed by atoms with Gasteiger partial charge in [0.1, 0.15) is 22.9 Å². The van der Waals surface area contributed by atoms with Gasteiger partial charge in [0.15, 0.2) is 5.65 Å². The number of nitrogens with zero attached hydrogens (tertiary/aromatic N) is 3. The predicted octanol–water partition coefficient (Wildman–Crippen LogP) is 3.71. The molecule has 3 aliphatic rings. The summed E-state index contributed by atoms with van der Waals surface area (Å²) in [6.07, 6.45) is 7.19. The zero-order chi connectivity index (χ0) is 23.9. The maximum absolute atomic E-state index is 15.0. The topological polar surface area (TPSA) is 109 Å². The van der Waals surface area contributed by atoms with E-state index in [9.17, 15) is 4.79 Å². The molecule has 2 aromatic heterocycles. The number of piperidine rings is 2. The van der Waals surface area contributed by atoms with Crippen LogP contribution < -0.4 is 15.8 Å². The molecule has 8 nitrogen and oxygen atoms in total. The fourth-order valence-corrected chi connectivity index (χ4v) is 5.36. The second-order valence-electron chi connectivity index (χ2n) is 10.0. The minimum atomic E-state index is -0.322. The fourth-order valence-electron chi connectivity index (χ4n) is 5.36. The van der Waals surface area contributed by atoms with E-state index in [1.165, 1.54) is 6.20 Å². The van der Waals surface area contributed by atoms with Crippen molar-refractivity contribution in [3.63, 3.8) is 0 Å². The number of anilines is 1. The van der Waals surface area contributed by atoms with Gasteiger partial charge in [-0.05, 0) is 63.1 Å². The van der Waals surface area contributed by atoms with Gasteiger partial charge >= 0.3 is 0 Å². The van der Waals surface area contributed by atoms with Gasteiger partial charge in [0.05, 0.1) is 17.9 Å². The first-order chi connectivity index (χ1) is 17.1. The second kappa shape index (κ2) is 9.11. The Hall–Kier alpha value is -3.20. The van der Waals surface area contributed by atoms with Gasteiger partial charge < -0.3 is 25.7 Å². The van der Waals surface area contributed by atoms with Gasteiger partial charge in [-0.15, -0.1) is 0 Å². The molecule has 4 heterocycles. The van der Waals surface area contributed by atoms with Crippen molar-refractivity contribution in [2.75, 3.05) is 31.9 Å². The van der Waals surface area contributed by atoms with Crippen molar-refractivity contribution in [3.05, 3.63) is 47.2 Å². The normalized spacial score (nSPS) is 21.4. The molecule has 1 atom stereocenters. The van der Waals surface area contributed by atoms with Crippen molar-refractivity contribution in [3.8, 4) is 5.75 Å². The number of aromatic amines is 1. The Morgan fingerprint density at radius 1 is 1.14 bits per heavy atom. The molecule has 0 bridgehead atoms. The number of amides is 1. The van der Waals surface area contributed by atoms with Gasteiger partial charge in [-0.2, -0.15) is 0 Å². The Morgan fingerprint density at radius 2 is 1.97 bits per heavy atom. The van der Waals surface area contributed by atoms with Crippen LogP contribution in [0.1, 0.15) is 72.1 Å². The number of fused-ring (bicyclic) bond motifs is 1. The van der Waals surface area contributed by atoms with E-state index in [-0.39, 0.29) is 23.7 Å². The lowest BCUT2D eigenvalue weighted by atomic mass is 9.88. The van der Waals surface area contributed by atoms with E-state index < -0.39 is 0 Å². The summed E-state index contributed by atoms with van der Waals surface area (Å²) in [5.74, 6) is 1.45. The molecule has 2 saturated heterocycles. The Balaban J connectivity index is 1.17. The summed E-state index contributed by atoms with van der Waals surface area (Å²) in [5.41, 5.74) is 9.00. The van der Waals surface area contributed by atoms with E-state index in [0.717, 1.165) is 44.6 Å². The highest BCUT2D eigenvalue weighted by Gasteiger charge is 2.30. The number of rotatable bonds is 5. The molecular formula is C26H31FN6O2. The Morgan fingerprint density at radius 3 is 2.69 bits per heavy atom. The number of H-pyrrole nitrogens is 1. The van der Waals surface area contributed by atoms with Gasteiger partial charge in [-0.1, -0.05) is 0 Å². The average molecular weight is 479 g/mol. The molecule has 4 N–H and O–H groups in total. The van der Waals surface area contributed by atoms with E-state index in [1.807, 2.05) is 11.0 Å². The van der Waals surface area contributed by atoms with Crippen LogP contribution in [0.4, 0.5) is 10.1 Å². The molecule has 9 heteroatoms. The SMILES string of the molecule is Nc1cc(OC2CC2)ccc1C(=O)N1CCC(c2c(F)cnc3[nH]c(C4CCCNC4)nc23)CC1. The number of likely N-dealkylation sites (tertiary alicyclic amines) is 1. The Kier molecular flexibility index (Phi) is 5.80. The molecule has 0 spiro atoms. The van der Waals surface area contributed by atoms with E-state index in [2.05, 4.69) is 15.3 Å². The monoisotopic (exact) mass is 478 g/mol. The van der Waals surface area contributed by atoms with Crippen molar-refractivity contribution in [1.29, 1.82) is 0 Å². The molecule has 1 amide bonds. The van der Waals surface area contributed by atoms with Crippen LogP contribution in [-0.2, 0) is 0 Å². The number of hydrogen-bond donors (Lipinski definition) is 3. The summed E-state index contributed by atoms with van der Waals surface area (Å²) in [7, 11) is 0. The summed E-state index contributed by atoms with van der Waals surface area (Å²) < 4.78 is 20.8. The number of nitrogens with two attached hydrogens (primary N) is 1. The Labute approximate surface area is 203 Å². The largest absolute Gasteiger partial charge is 0.490 e. The molecule has 35 heavy (non-hydrogen) atoms. The third-order valence-electron chi connectivity index (χ3n) is 7.48. The standard InChI is InChI=1S/C26H31FN6O2/c27-20-14-30-25-23(31-24(32-25)16-2-1-9-29-13-16)22(20)15-7-10-33(11-8-15)26(34)19-6-5-18(12-21(19)28)35-17-3-4-17/h5-6,12,14-17,29H,1-4,7-11,13,28H2,(H,30,31,32). The van der Waals surface area contributed by atoms with Gasteiger partial charge in [0.25, 0.3) is 5.91 Å². The van der Waals surface area contributed by atoms with E-state index in [1.54, 1.807) is 12.1 Å². The molecule has 2 aliphatic heterocycles. The number of pyridine rings is 1. The smallest absolute Gasteiger partial charge is 0.255 e. The molecule has 6 rings (SSSR count). The van der Waals surface area contributed by atoms with Crippen LogP contribution in [0.2, 0.25) is 0 Å². The maximum Gasteiger partial charge on any atom is 0.255 e. The molecule has 3 fully saturated rings. The molecular weight excluding hydrogens is 447 g/mol. The Bertz CT molecular complexity index is 1240. The third kappa shape index (κ3) is 4.45. The van der Waals surface area contributed by atoms with Crippen molar-refractivity contribution < 1.29 is 13.9 Å². The number of nitrogens with one attached hydrogen (secondary N) is 2. The van der Waals surface area contributed by atoms with Crippen molar-refractivity contribution in [1.82, 2.24) is 25.2 Å². The first kappa shape index (κ1) is 22.3.